The normalized spacial score (nSPS) is 11.4. The first kappa shape index (κ1) is 14.2. The van der Waals surface area contributed by atoms with E-state index in [2.05, 4.69) is 41.3 Å². The van der Waals surface area contributed by atoms with Crippen LogP contribution < -0.4 is 0 Å². The lowest BCUT2D eigenvalue weighted by atomic mass is 10.2. The van der Waals surface area contributed by atoms with Gasteiger partial charge in [-0.1, -0.05) is 53.7 Å². The van der Waals surface area contributed by atoms with Crippen LogP contribution in [0.25, 0.3) is 16.6 Å². The molecule has 4 aromatic rings. The highest BCUT2D eigenvalue weighted by molar-refractivity contribution is 7.98. The fraction of sp³-hybridized carbons (Fsp3) is 0.167. The minimum absolute atomic E-state index is 0.764. The number of benzene rings is 2. The highest BCUT2D eigenvalue weighted by Crippen LogP contribution is 2.26. The lowest BCUT2D eigenvalue weighted by Gasteiger charge is -2.06. The van der Waals surface area contributed by atoms with E-state index in [0.29, 0.717) is 0 Å². The molecule has 0 fully saturated rings. The molecule has 0 radical (unpaired) electrons. The molecule has 0 N–H and O–H groups in total. The van der Waals surface area contributed by atoms with Crippen LogP contribution in [0.3, 0.4) is 0 Å². The summed E-state index contributed by atoms with van der Waals surface area (Å²) in [5, 5.41) is 6.42. The standard InChI is InChI=1S/C18H16N4S/c1-12-7-9-14(10-8-12)11-23-18-20-16-6-4-3-5-15(16)17-19-13(2)21-22(17)18/h3-10H,11H2,1-2H3. The first-order valence-electron chi connectivity index (χ1n) is 7.51. The zero-order valence-corrected chi connectivity index (χ0v) is 13.8. The average Bonchev–Trinajstić information content (AvgIpc) is 2.96. The number of fused-ring (bicyclic) bond motifs is 3. The minimum atomic E-state index is 0.764. The summed E-state index contributed by atoms with van der Waals surface area (Å²) in [6.45, 7) is 4.01. The van der Waals surface area contributed by atoms with E-state index in [0.717, 1.165) is 33.3 Å². The molecule has 0 aliphatic heterocycles. The van der Waals surface area contributed by atoms with E-state index in [1.165, 1.54) is 11.1 Å². The predicted molar refractivity (Wildman–Crippen MR) is 93.8 cm³/mol. The van der Waals surface area contributed by atoms with Crippen molar-refractivity contribution in [2.45, 2.75) is 24.8 Å². The van der Waals surface area contributed by atoms with E-state index < -0.39 is 0 Å². The highest BCUT2D eigenvalue weighted by atomic mass is 32.2. The first-order valence-corrected chi connectivity index (χ1v) is 8.50. The second-order valence-corrected chi connectivity index (χ2v) is 6.52. The number of nitrogens with zero attached hydrogens (tertiary/aromatic N) is 4. The Kier molecular flexibility index (Phi) is 3.50. The summed E-state index contributed by atoms with van der Waals surface area (Å²) < 4.78 is 1.86. The van der Waals surface area contributed by atoms with Gasteiger partial charge in [-0.3, -0.25) is 0 Å². The van der Waals surface area contributed by atoms with Gasteiger partial charge in [0, 0.05) is 11.1 Å². The van der Waals surface area contributed by atoms with Crippen LogP contribution in [0.1, 0.15) is 17.0 Å². The molecule has 0 aliphatic rings. The Hall–Kier alpha value is -2.40. The van der Waals surface area contributed by atoms with Gasteiger partial charge < -0.3 is 0 Å². The Morgan fingerprint density at radius 1 is 0.957 bits per heavy atom. The fourth-order valence-electron chi connectivity index (χ4n) is 2.56. The molecule has 114 valence electrons. The molecule has 0 amide bonds. The van der Waals surface area contributed by atoms with Crippen molar-refractivity contribution in [1.29, 1.82) is 0 Å². The van der Waals surface area contributed by atoms with Gasteiger partial charge in [0.1, 0.15) is 5.82 Å². The van der Waals surface area contributed by atoms with Crippen LogP contribution in [0.15, 0.2) is 53.7 Å². The van der Waals surface area contributed by atoms with E-state index in [4.69, 9.17) is 4.98 Å². The molecule has 2 heterocycles. The average molecular weight is 320 g/mol. The third-order valence-electron chi connectivity index (χ3n) is 3.74. The Bertz CT molecular complexity index is 989. The maximum atomic E-state index is 4.77. The van der Waals surface area contributed by atoms with E-state index in [1.54, 1.807) is 11.8 Å². The molecule has 2 aromatic carbocycles. The van der Waals surface area contributed by atoms with Crippen LogP contribution in [0.4, 0.5) is 0 Å². The van der Waals surface area contributed by atoms with Crippen molar-refractivity contribution >= 4 is 28.3 Å². The monoisotopic (exact) mass is 320 g/mol. The maximum Gasteiger partial charge on any atom is 0.191 e. The first-order chi connectivity index (χ1) is 11.2. The number of aryl methyl sites for hydroxylation is 2. The molecule has 0 atom stereocenters. The second-order valence-electron chi connectivity index (χ2n) is 5.58. The van der Waals surface area contributed by atoms with E-state index in [-0.39, 0.29) is 0 Å². The van der Waals surface area contributed by atoms with Crippen LogP contribution >= 0.6 is 11.8 Å². The summed E-state index contributed by atoms with van der Waals surface area (Å²) in [6.07, 6.45) is 0. The van der Waals surface area contributed by atoms with Crippen LogP contribution in [0, 0.1) is 13.8 Å². The Morgan fingerprint density at radius 3 is 2.57 bits per heavy atom. The summed E-state index contributed by atoms with van der Waals surface area (Å²) in [7, 11) is 0. The smallest absolute Gasteiger partial charge is 0.191 e. The molecule has 0 unspecified atom stereocenters. The molecule has 0 spiro atoms. The number of rotatable bonds is 3. The lowest BCUT2D eigenvalue weighted by Crippen LogP contribution is -1.98. The summed E-state index contributed by atoms with van der Waals surface area (Å²) >= 11 is 1.69. The molecule has 4 rings (SSSR count). The van der Waals surface area contributed by atoms with Crippen molar-refractivity contribution in [3.05, 3.63) is 65.5 Å². The number of para-hydroxylation sites is 1. The van der Waals surface area contributed by atoms with E-state index >= 15 is 0 Å². The molecule has 0 aliphatic carbocycles. The van der Waals surface area contributed by atoms with Crippen molar-refractivity contribution in [2.24, 2.45) is 0 Å². The molecular weight excluding hydrogens is 304 g/mol. The third kappa shape index (κ3) is 2.68. The molecule has 2 aromatic heterocycles. The number of thioether (sulfide) groups is 1. The van der Waals surface area contributed by atoms with Crippen LogP contribution in [0.5, 0.6) is 0 Å². The van der Waals surface area contributed by atoms with Gasteiger partial charge in [-0.15, -0.1) is 5.10 Å². The minimum Gasteiger partial charge on any atom is -0.222 e. The predicted octanol–water partition coefficient (Wildman–Crippen LogP) is 4.19. The summed E-state index contributed by atoms with van der Waals surface area (Å²) in [5.41, 5.74) is 4.38. The SMILES string of the molecule is Cc1ccc(CSc2nc3ccccc3c3nc(C)nn23)cc1. The second kappa shape index (κ2) is 5.66. The van der Waals surface area contributed by atoms with Gasteiger partial charge in [-0.05, 0) is 31.5 Å². The van der Waals surface area contributed by atoms with E-state index in [9.17, 15) is 0 Å². The summed E-state index contributed by atoms with van der Waals surface area (Å²) in [6, 6.07) is 16.7. The van der Waals surface area contributed by atoms with Crippen molar-refractivity contribution in [3.8, 4) is 0 Å². The molecule has 0 saturated carbocycles. The lowest BCUT2D eigenvalue weighted by molar-refractivity contribution is 0.797. The Balaban J connectivity index is 1.77. The van der Waals surface area contributed by atoms with Gasteiger partial charge >= 0.3 is 0 Å². The largest absolute Gasteiger partial charge is 0.222 e. The molecular formula is C18H16N4S. The molecule has 0 saturated heterocycles. The van der Waals surface area contributed by atoms with Crippen molar-refractivity contribution < 1.29 is 0 Å². The maximum absolute atomic E-state index is 4.77. The van der Waals surface area contributed by atoms with Crippen LogP contribution in [0.2, 0.25) is 0 Å². The van der Waals surface area contributed by atoms with E-state index in [1.807, 2.05) is 35.7 Å². The third-order valence-corrected chi connectivity index (χ3v) is 4.74. The Labute approximate surface area is 138 Å². The van der Waals surface area contributed by atoms with Gasteiger partial charge in [0.25, 0.3) is 0 Å². The number of hydrogen-bond donors (Lipinski definition) is 0. The van der Waals surface area contributed by atoms with Gasteiger partial charge in [0.2, 0.25) is 0 Å². The summed E-state index contributed by atoms with van der Waals surface area (Å²) in [4.78, 5) is 9.34. The fourth-order valence-corrected chi connectivity index (χ4v) is 3.46. The van der Waals surface area contributed by atoms with Crippen molar-refractivity contribution in [3.63, 3.8) is 0 Å². The van der Waals surface area contributed by atoms with Crippen molar-refractivity contribution in [1.82, 2.24) is 19.6 Å². The van der Waals surface area contributed by atoms with Gasteiger partial charge in [-0.2, -0.15) is 4.52 Å². The Morgan fingerprint density at radius 2 is 1.74 bits per heavy atom. The van der Waals surface area contributed by atoms with Crippen LogP contribution in [-0.4, -0.2) is 19.6 Å². The quantitative estimate of drug-likeness (QED) is 0.419. The molecule has 23 heavy (non-hydrogen) atoms. The highest BCUT2D eigenvalue weighted by Gasteiger charge is 2.12. The van der Waals surface area contributed by atoms with Crippen molar-refractivity contribution in [2.75, 3.05) is 0 Å². The van der Waals surface area contributed by atoms with Gasteiger partial charge in [0.05, 0.1) is 5.52 Å². The number of hydrogen-bond acceptors (Lipinski definition) is 4. The topological polar surface area (TPSA) is 43.1 Å². The van der Waals surface area contributed by atoms with Gasteiger partial charge in [0.15, 0.2) is 10.8 Å². The zero-order valence-electron chi connectivity index (χ0n) is 13.0. The number of aromatic nitrogens is 4. The molecule has 4 nitrogen and oxygen atoms in total. The molecule has 5 heteroatoms. The van der Waals surface area contributed by atoms with Crippen LogP contribution in [-0.2, 0) is 5.75 Å². The van der Waals surface area contributed by atoms with Gasteiger partial charge in [-0.25, -0.2) is 9.97 Å². The zero-order chi connectivity index (χ0) is 15.8. The molecule has 0 bridgehead atoms. The summed E-state index contributed by atoms with van der Waals surface area (Å²) in [5.74, 6) is 1.62.